The van der Waals surface area contributed by atoms with Crippen LogP contribution in [0.25, 0.3) is 0 Å². The van der Waals surface area contributed by atoms with Crippen molar-refractivity contribution in [2.24, 2.45) is 5.10 Å². The monoisotopic (exact) mass is 452 g/mol. The van der Waals surface area contributed by atoms with E-state index in [1.54, 1.807) is 0 Å². The molecule has 2 nitrogen and oxygen atoms in total. The maximum absolute atomic E-state index is 5.18. The van der Waals surface area contributed by atoms with Crippen LogP contribution in [0.1, 0.15) is 42.4 Å². The maximum atomic E-state index is 5.18. The minimum absolute atomic E-state index is 0.121. The minimum atomic E-state index is 0.121. The lowest BCUT2D eigenvalue weighted by molar-refractivity contribution is 0.371. The van der Waals surface area contributed by atoms with Gasteiger partial charge in [0.05, 0.1) is 17.3 Å². The van der Waals surface area contributed by atoms with E-state index < -0.39 is 0 Å². The molecule has 0 amide bonds. The molecular weight excluding hydrogens is 420 g/mol. The molecule has 0 bridgehead atoms. The molecule has 1 aliphatic rings. The zero-order chi connectivity index (χ0) is 22.9. The first kappa shape index (κ1) is 23.1. The topological polar surface area (TPSA) is 15.6 Å². The molecule has 1 aliphatic heterocycles. The summed E-state index contributed by atoms with van der Waals surface area (Å²) in [4.78, 5) is 1.34. The zero-order valence-corrected chi connectivity index (χ0v) is 20.3. The highest BCUT2D eigenvalue weighted by Gasteiger charge is 2.23. The van der Waals surface area contributed by atoms with Crippen molar-refractivity contribution in [1.82, 2.24) is 5.01 Å². The van der Waals surface area contributed by atoms with Crippen molar-refractivity contribution in [3.05, 3.63) is 126 Å². The van der Waals surface area contributed by atoms with Gasteiger partial charge in [-0.05, 0) is 60.9 Å². The lowest BCUT2D eigenvalue weighted by atomic mass is 9.86. The normalized spacial score (nSPS) is 14.7. The number of aryl methyl sites for hydroxylation is 1. The second-order valence-electron chi connectivity index (χ2n) is 8.29. The Morgan fingerprint density at radius 1 is 0.879 bits per heavy atom. The largest absolute Gasteiger partial charge is 0.266 e. The Kier molecular flexibility index (Phi) is 8.21. The van der Waals surface area contributed by atoms with Crippen LogP contribution in [-0.2, 0) is 0 Å². The van der Waals surface area contributed by atoms with E-state index in [4.69, 9.17) is 5.10 Å². The first-order valence-corrected chi connectivity index (χ1v) is 12.8. The summed E-state index contributed by atoms with van der Waals surface area (Å²) in [6, 6.07) is 30.2. The van der Waals surface area contributed by atoms with Gasteiger partial charge >= 0.3 is 0 Å². The summed E-state index contributed by atoms with van der Waals surface area (Å²) < 4.78 is 0. The third-order valence-corrected chi connectivity index (χ3v) is 6.79. The molecule has 33 heavy (non-hydrogen) atoms. The van der Waals surface area contributed by atoms with Crippen molar-refractivity contribution in [3.63, 3.8) is 0 Å². The number of rotatable bonds is 9. The van der Waals surface area contributed by atoms with Crippen LogP contribution in [0.5, 0.6) is 0 Å². The van der Waals surface area contributed by atoms with Gasteiger partial charge in [-0.2, -0.15) is 5.10 Å². The summed E-state index contributed by atoms with van der Waals surface area (Å²) in [5.74, 6) is 1.20. The Labute approximate surface area is 202 Å². The number of thioether (sulfide) groups is 1. The second kappa shape index (κ2) is 11.7. The van der Waals surface area contributed by atoms with E-state index in [2.05, 4.69) is 122 Å². The van der Waals surface area contributed by atoms with E-state index in [0.717, 1.165) is 30.9 Å². The minimum Gasteiger partial charge on any atom is -0.266 e. The number of hydrogen-bond donors (Lipinski definition) is 0. The van der Waals surface area contributed by atoms with Gasteiger partial charge in [0.1, 0.15) is 0 Å². The van der Waals surface area contributed by atoms with Crippen LogP contribution in [0.15, 0.2) is 119 Å². The SMILES string of the molecule is CC/C=C1/C=CC(C(c2ccccc2)c2ccccc2)=NN1CCCSc1cccc(C)c1. The average Bonchev–Trinajstić information content (AvgIpc) is 2.85. The van der Waals surface area contributed by atoms with Gasteiger partial charge in [0.15, 0.2) is 0 Å². The van der Waals surface area contributed by atoms with Crippen LogP contribution in [-0.4, -0.2) is 23.0 Å². The van der Waals surface area contributed by atoms with E-state index >= 15 is 0 Å². The molecule has 168 valence electrons. The van der Waals surface area contributed by atoms with Crippen LogP contribution in [0.4, 0.5) is 0 Å². The molecule has 1 heterocycles. The molecule has 0 fully saturated rings. The standard InChI is InChI=1S/C30H32N2S/c1-3-12-27-19-20-29(30(25-14-6-4-7-15-25)26-16-8-5-9-17-26)31-32(27)21-11-22-33-28-18-10-13-24(2)23-28/h4-10,12-20,23,30H,3,11,21-22H2,1-2H3/b27-12-. The van der Waals surface area contributed by atoms with Crippen molar-refractivity contribution in [3.8, 4) is 0 Å². The van der Waals surface area contributed by atoms with Gasteiger partial charge in [-0.15, -0.1) is 11.8 Å². The fraction of sp³-hybridized carbons (Fsp3) is 0.233. The summed E-state index contributed by atoms with van der Waals surface area (Å²) in [7, 11) is 0. The van der Waals surface area contributed by atoms with E-state index in [-0.39, 0.29) is 5.92 Å². The Bertz CT molecular complexity index is 1080. The third-order valence-electron chi connectivity index (χ3n) is 5.71. The van der Waals surface area contributed by atoms with Crippen molar-refractivity contribution in [2.45, 2.75) is 37.5 Å². The van der Waals surface area contributed by atoms with Crippen molar-refractivity contribution >= 4 is 17.5 Å². The van der Waals surface area contributed by atoms with Gasteiger partial charge in [-0.25, -0.2) is 0 Å². The average molecular weight is 453 g/mol. The molecule has 3 aromatic rings. The van der Waals surface area contributed by atoms with E-state index in [1.807, 2.05) is 11.8 Å². The molecule has 0 radical (unpaired) electrons. The molecule has 0 saturated heterocycles. The molecule has 4 rings (SSSR count). The number of hydrazone groups is 1. The van der Waals surface area contributed by atoms with Crippen LogP contribution in [0.2, 0.25) is 0 Å². The van der Waals surface area contributed by atoms with E-state index in [1.165, 1.54) is 27.3 Å². The number of benzene rings is 3. The Morgan fingerprint density at radius 3 is 2.21 bits per heavy atom. The summed E-state index contributed by atoms with van der Waals surface area (Å²) in [5, 5.41) is 7.38. The number of nitrogens with zero attached hydrogens (tertiary/aromatic N) is 2. The fourth-order valence-corrected chi connectivity index (χ4v) is 5.09. The predicted molar refractivity (Wildman–Crippen MR) is 143 cm³/mol. The van der Waals surface area contributed by atoms with E-state index in [0.29, 0.717) is 0 Å². The quantitative estimate of drug-likeness (QED) is 0.243. The van der Waals surface area contributed by atoms with Gasteiger partial charge in [-0.3, -0.25) is 5.01 Å². The van der Waals surface area contributed by atoms with E-state index in [9.17, 15) is 0 Å². The van der Waals surface area contributed by atoms with Gasteiger partial charge < -0.3 is 0 Å². The molecule has 0 N–H and O–H groups in total. The zero-order valence-electron chi connectivity index (χ0n) is 19.5. The fourth-order valence-electron chi connectivity index (χ4n) is 4.14. The summed E-state index contributed by atoms with van der Waals surface area (Å²) >= 11 is 1.93. The number of hydrogen-bond acceptors (Lipinski definition) is 3. The lowest BCUT2D eigenvalue weighted by Crippen LogP contribution is -2.26. The summed E-state index contributed by atoms with van der Waals surface area (Å²) in [5.41, 5.74) is 6.14. The molecule has 0 aromatic heterocycles. The van der Waals surface area contributed by atoms with Crippen LogP contribution < -0.4 is 0 Å². The third kappa shape index (κ3) is 6.27. The highest BCUT2D eigenvalue weighted by molar-refractivity contribution is 7.99. The summed E-state index contributed by atoms with van der Waals surface area (Å²) in [6.07, 6.45) is 8.78. The number of allylic oxidation sites excluding steroid dienone is 3. The first-order chi connectivity index (χ1) is 16.2. The van der Waals surface area contributed by atoms with Crippen LogP contribution >= 0.6 is 11.8 Å². The Morgan fingerprint density at radius 2 is 1.58 bits per heavy atom. The van der Waals surface area contributed by atoms with Crippen molar-refractivity contribution in [2.75, 3.05) is 12.3 Å². The molecule has 0 aliphatic carbocycles. The van der Waals surface area contributed by atoms with Gasteiger partial charge in [-0.1, -0.05) is 91.4 Å². The van der Waals surface area contributed by atoms with Crippen LogP contribution in [0, 0.1) is 6.92 Å². The van der Waals surface area contributed by atoms with Crippen molar-refractivity contribution in [1.29, 1.82) is 0 Å². The van der Waals surface area contributed by atoms with Gasteiger partial charge in [0, 0.05) is 11.4 Å². The van der Waals surface area contributed by atoms with Crippen molar-refractivity contribution < 1.29 is 0 Å². The maximum Gasteiger partial charge on any atom is 0.0729 e. The molecule has 3 heteroatoms. The molecule has 0 spiro atoms. The molecular formula is C30H32N2S. The molecule has 0 atom stereocenters. The Balaban J connectivity index is 1.53. The molecule has 0 saturated carbocycles. The second-order valence-corrected chi connectivity index (χ2v) is 9.46. The van der Waals surface area contributed by atoms with Gasteiger partial charge in [0.2, 0.25) is 0 Å². The molecule has 3 aromatic carbocycles. The smallest absolute Gasteiger partial charge is 0.0729 e. The summed E-state index contributed by atoms with van der Waals surface area (Å²) in [6.45, 7) is 5.25. The Hall–Kier alpha value is -3.04. The van der Waals surface area contributed by atoms with Crippen LogP contribution in [0.3, 0.4) is 0 Å². The molecule has 0 unspecified atom stereocenters. The van der Waals surface area contributed by atoms with Gasteiger partial charge in [0.25, 0.3) is 0 Å². The highest BCUT2D eigenvalue weighted by Crippen LogP contribution is 2.30. The first-order valence-electron chi connectivity index (χ1n) is 11.8. The highest BCUT2D eigenvalue weighted by atomic mass is 32.2. The lowest BCUT2D eigenvalue weighted by Gasteiger charge is -2.28. The predicted octanol–water partition coefficient (Wildman–Crippen LogP) is 7.83.